The third-order valence-corrected chi connectivity index (χ3v) is 2.22. The highest BCUT2D eigenvalue weighted by Gasteiger charge is 1.88. The van der Waals surface area contributed by atoms with Crippen molar-refractivity contribution in [2.45, 2.75) is 39.5 Å². The molecule has 0 spiro atoms. The van der Waals surface area contributed by atoms with Gasteiger partial charge >= 0.3 is 11.9 Å². The summed E-state index contributed by atoms with van der Waals surface area (Å²) in [6, 6.07) is 0. The summed E-state index contributed by atoms with van der Waals surface area (Å²) in [6.45, 7) is 3.71. The smallest absolute Gasteiger partial charge is 0.302 e. The van der Waals surface area contributed by atoms with Gasteiger partial charge in [0, 0.05) is 13.8 Å². The number of hydrogen-bond acceptors (Lipinski definition) is 4. The maximum absolute atomic E-state index is 10.5. The van der Waals surface area contributed by atoms with Crippen LogP contribution in [0.1, 0.15) is 39.5 Å². The van der Waals surface area contributed by atoms with Crippen molar-refractivity contribution in [2.24, 2.45) is 0 Å². The van der Waals surface area contributed by atoms with E-state index in [9.17, 15) is 9.59 Å². The van der Waals surface area contributed by atoms with Gasteiger partial charge in [-0.15, -0.1) is 0 Å². The minimum absolute atomic E-state index is 0.237. The monoisotopic (exact) mass is 280 g/mol. The van der Waals surface area contributed by atoms with Crippen molar-refractivity contribution < 1.29 is 19.1 Å². The number of rotatable bonds is 10. The van der Waals surface area contributed by atoms with Crippen LogP contribution in [0, 0.1) is 0 Å². The molecule has 0 atom stereocenters. The first kappa shape index (κ1) is 18.2. The Morgan fingerprint density at radius 1 is 0.700 bits per heavy atom. The van der Waals surface area contributed by atoms with Crippen molar-refractivity contribution in [3.05, 3.63) is 36.5 Å². The largest absolute Gasteiger partial charge is 0.466 e. The van der Waals surface area contributed by atoms with Gasteiger partial charge in [0.1, 0.15) is 0 Å². The van der Waals surface area contributed by atoms with Crippen LogP contribution in [0.15, 0.2) is 36.5 Å². The van der Waals surface area contributed by atoms with Crippen LogP contribution in [-0.4, -0.2) is 25.2 Å². The molecule has 20 heavy (non-hydrogen) atoms. The summed E-state index contributed by atoms with van der Waals surface area (Å²) >= 11 is 0. The molecule has 0 aliphatic heterocycles. The van der Waals surface area contributed by atoms with Gasteiger partial charge in [-0.3, -0.25) is 9.59 Å². The highest BCUT2D eigenvalue weighted by atomic mass is 16.5. The molecule has 0 amide bonds. The summed E-state index contributed by atoms with van der Waals surface area (Å²) in [6.07, 6.45) is 15.5. The molecule has 0 aliphatic rings. The van der Waals surface area contributed by atoms with E-state index in [0.29, 0.717) is 13.2 Å². The zero-order valence-corrected chi connectivity index (χ0v) is 12.3. The summed E-state index contributed by atoms with van der Waals surface area (Å²) in [5.41, 5.74) is 0. The average Bonchev–Trinajstić information content (AvgIpc) is 2.38. The molecule has 0 saturated carbocycles. The van der Waals surface area contributed by atoms with Crippen LogP contribution in [-0.2, 0) is 19.1 Å². The Morgan fingerprint density at radius 2 is 1.05 bits per heavy atom. The van der Waals surface area contributed by atoms with E-state index in [1.165, 1.54) is 13.8 Å². The van der Waals surface area contributed by atoms with Gasteiger partial charge in [-0.1, -0.05) is 36.5 Å². The third-order valence-electron chi connectivity index (χ3n) is 2.22. The molecule has 0 aromatic carbocycles. The SMILES string of the molecule is CC(=O)OCC/C=C\C/C=C\C/C=C\CCOC(C)=O. The van der Waals surface area contributed by atoms with Crippen LogP contribution in [0.25, 0.3) is 0 Å². The lowest BCUT2D eigenvalue weighted by Gasteiger charge is -1.96. The van der Waals surface area contributed by atoms with Crippen molar-refractivity contribution in [1.29, 1.82) is 0 Å². The zero-order valence-electron chi connectivity index (χ0n) is 12.3. The topological polar surface area (TPSA) is 52.6 Å². The molecule has 0 heterocycles. The molecule has 0 fully saturated rings. The van der Waals surface area contributed by atoms with Crippen molar-refractivity contribution in [1.82, 2.24) is 0 Å². The van der Waals surface area contributed by atoms with Crippen LogP contribution in [0.5, 0.6) is 0 Å². The first-order valence-electron chi connectivity index (χ1n) is 6.84. The second-order valence-electron chi connectivity index (χ2n) is 4.14. The number of carbonyl (C=O) groups excluding carboxylic acids is 2. The lowest BCUT2D eigenvalue weighted by atomic mass is 10.2. The Bertz CT molecular complexity index is 319. The van der Waals surface area contributed by atoms with Gasteiger partial charge in [-0.25, -0.2) is 0 Å². The molecule has 0 rings (SSSR count). The van der Waals surface area contributed by atoms with Gasteiger partial charge in [0.05, 0.1) is 13.2 Å². The van der Waals surface area contributed by atoms with Crippen molar-refractivity contribution in [3.63, 3.8) is 0 Å². The Labute approximate surface area is 121 Å². The Morgan fingerprint density at radius 3 is 1.40 bits per heavy atom. The predicted molar refractivity (Wildman–Crippen MR) is 79.2 cm³/mol. The summed E-state index contributed by atoms with van der Waals surface area (Å²) < 4.78 is 9.60. The summed E-state index contributed by atoms with van der Waals surface area (Å²) in [5.74, 6) is -0.474. The second-order valence-corrected chi connectivity index (χ2v) is 4.14. The molecule has 0 saturated heterocycles. The number of ether oxygens (including phenoxy) is 2. The molecular weight excluding hydrogens is 256 g/mol. The fourth-order valence-corrected chi connectivity index (χ4v) is 1.32. The van der Waals surface area contributed by atoms with Gasteiger partial charge in [0.2, 0.25) is 0 Å². The van der Waals surface area contributed by atoms with E-state index >= 15 is 0 Å². The first-order valence-corrected chi connectivity index (χ1v) is 6.84. The zero-order chi connectivity index (χ0) is 15.1. The highest BCUT2D eigenvalue weighted by Crippen LogP contribution is 1.94. The first-order chi connectivity index (χ1) is 9.63. The lowest BCUT2D eigenvalue weighted by molar-refractivity contribution is -0.141. The van der Waals surface area contributed by atoms with E-state index in [-0.39, 0.29) is 11.9 Å². The molecule has 0 unspecified atom stereocenters. The normalized spacial score (nSPS) is 11.5. The van der Waals surface area contributed by atoms with E-state index < -0.39 is 0 Å². The van der Waals surface area contributed by atoms with Crippen LogP contribution in [0.4, 0.5) is 0 Å². The van der Waals surface area contributed by atoms with Crippen molar-refractivity contribution in [3.8, 4) is 0 Å². The number of hydrogen-bond donors (Lipinski definition) is 0. The molecule has 4 heteroatoms. The minimum atomic E-state index is -0.237. The molecule has 0 N–H and O–H groups in total. The third kappa shape index (κ3) is 16.2. The van der Waals surface area contributed by atoms with E-state index in [1.807, 2.05) is 24.3 Å². The Balaban J connectivity index is 3.39. The standard InChI is InChI=1S/C16H24O4/c1-15(17)19-13-11-9-7-5-3-4-6-8-10-12-14-20-16(2)18/h3-4,7-10H,5-6,11-14H2,1-2H3/b4-3-,9-7-,10-8-. The van der Waals surface area contributed by atoms with Gasteiger partial charge in [-0.2, -0.15) is 0 Å². The van der Waals surface area contributed by atoms with Crippen molar-refractivity contribution >= 4 is 11.9 Å². The average molecular weight is 280 g/mol. The predicted octanol–water partition coefficient (Wildman–Crippen LogP) is 3.34. The molecule has 0 bridgehead atoms. The molecule has 0 aromatic heterocycles. The molecule has 0 aliphatic carbocycles. The fraction of sp³-hybridized carbons (Fsp3) is 0.500. The van der Waals surface area contributed by atoms with E-state index in [4.69, 9.17) is 9.47 Å². The molecule has 0 aromatic rings. The molecule has 112 valence electrons. The number of allylic oxidation sites excluding steroid dienone is 4. The number of carbonyl (C=O) groups is 2. The molecule has 4 nitrogen and oxygen atoms in total. The van der Waals surface area contributed by atoms with Crippen LogP contribution >= 0.6 is 0 Å². The lowest BCUT2D eigenvalue weighted by Crippen LogP contribution is -1.98. The quantitative estimate of drug-likeness (QED) is 0.350. The Kier molecular flexibility index (Phi) is 12.3. The van der Waals surface area contributed by atoms with E-state index in [2.05, 4.69) is 12.2 Å². The van der Waals surface area contributed by atoms with Gasteiger partial charge in [0.15, 0.2) is 0 Å². The second kappa shape index (κ2) is 13.6. The van der Waals surface area contributed by atoms with E-state index in [0.717, 1.165) is 25.7 Å². The van der Waals surface area contributed by atoms with Crippen LogP contribution in [0.3, 0.4) is 0 Å². The van der Waals surface area contributed by atoms with Gasteiger partial charge < -0.3 is 9.47 Å². The van der Waals surface area contributed by atoms with Crippen molar-refractivity contribution in [2.75, 3.05) is 13.2 Å². The summed E-state index contributed by atoms with van der Waals surface area (Å²) in [4.78, 5) is 21.0. The summed E-state index contributed by atoms with van der Waals surface area (Å²) in [7, 11) is 0. The van der Waals surface area contributed by atoms with Crippen LogP contribution in [0.2, 0.25) is 0 Å². The maximum Gasteiger partial charge on any atom is 0.302 e. The highest BCUT2D eigenvalue weighted by molar-refractivity contribution is 5.66. The van der Waals surface area contributed by atoms with Gasteiger partial charge in [-0.05, 0) is 25.7 Å². The minimum Gasteiger partial charge on any atom is -0.466 e. The van der Waals surface area contributed by atoms with Crippen LogP contribution < -0.4 is 0 Å². The maximum atomic E-state index is 10.5. The summed E-state index contributed by atoms with van der Waals surface area (Å²) in [5, 5.41) is 0. The van der Waals surface area contributed by atoms with Gasteiger partial charge in [0.25, 0.3) is 0 Å². The van der Waals surface area contributed by atoms with E-state index in [1.54, 1.807) is 0 Å². The molecular formula is C16H24O4. The molecule has 0 radical (unpaired) electrons. The number of esters is 2. The Hall–Kier alpha value is -1.84. The fourth-order valence-electron chi connectivity index (χ4n) is 1.32.